The number of hydrogen-bond acceptors (Lipinski definition) is 6. The van der Waals surface area contributed by atoms with E-state index in [1.54, 1.807) is 36.4 Å². The molecule has 1 aromatic heterocycles. The second-order valence-electron chi connectivity index (χ2n) is 4.82. The smallest absolute Gasteiger partial charge is 0.334 e. The van der Waals surface area contributed by atoms with Crippen LogP contribution >= 0.6 is 39.3 Å². The first-order valence-corrected chi connectivity index (χ1v) is 8.97. The standard InChI is InChI=1S/C16H10BrClN4O2S/c17-10-2-1-3-12(8-10)21-15-14(22(23)24)16(20-9-19-15)25-13-6-4-11(18)5-7-13/h1-9H,(H,19,20,21). The van der Waals surface area contributed by atoms with Crippen molar-refractivity contribution in [2.75, 3.05) is 5.32 Å². The molecule has 0 aliphatic carbocycles. The van der Waals surface area contributed by atoms with Crippen LogP contribution in [0.25, 0.3) is 0 Å². The van der Waals surface area contributed by atoms with Gasteiger partial charge in [-0.25, -0.2) is 9.97 Å². The van der Waals surface area contributed by atoms with Crippen LogP contribution in [0.5, 0.6) is 0 Å². The van der Waals surface area contributed by atoms with Gasteiger partial charge in [-0.2, -0.15) is 0 Å². The normalized spacial score (nSPS) is 10.5. The van der Waals surface area contributed by atoms with Gasteiger partial charge in [0.05, 0.1) is 4.92 Å². The summed E-state index contributed by atoms with van der Waals surface area (Å²) in [6.45, 7) is 0. The van der Waals surface area contributed by atoms with Crippen molar-refractivity contribution < 1.29 is 4.92 Å². The molecule has 0 saturated heterocycles. The van der Waals surface area contributed by atoms with Gasteiger partial charge in [-0.05, 0) is 42.5 Å². The second-order valence-corrected chi connectivity index (χ2v) is 7.24. The Labute approximate surface area is 160 Å². The van der Waals surface area contributed by atoms with Crippen molar-refractivity contribution >= 4 is 56.5 Å². The van der Waals surface area contributed by atoms with Crippen LogP contribution in [-0.2, 0) is 0 Å². The van der Waals surface area contributed by atoms with E-state index in [0.717, 1.165) is 9.37 Å². The molecule has 0 fully saturated rings. The number of hydrogen-bond donors (Lipinski definition) is 1. The molecule has 25 heavy (non-hydrogen) atoms. The van der Waals surface area contributed by atoms with Gasteiger partial charge < -0.3 is 5.32 Å². The molecule has 3 rings (SSSR count). The lowest BCUT2D eigenvalue weighted by atomic mass is 10.3. The van der Waals surface area contributed by atoms with Crippen LogP contribution < -0.4 is 5.32 Å². The van der Waals surface area contributed by atoms with E-state index < -0.39 is 4.92 Å². The number of nitro groups is 1. The average molecular weight is 438 g/mol. The van der Waals surface area contributed by atoms with Crippen LogP contribution in [0.1, 0.15) is 0 Å². The van der Waals surface area contributed by atoms with E-state index in [9.17, 15) is 10.1 Å². The Balaban J connectivity index is 1.96. The molecule has 0 bridgehead atoms. The lowest BCUT2D eigenvalue weighted by molar-refractivity contribution is -0.387. The highest BCUT2D eigenvalue weighted by atomic mass is 79.9. The first-order valence-electron chi connectivity index (χ1n) is 6.98. The zero-order valence-electron chi connectivity index (χ0n) is 12.5. The van der Waals surface area contributed by atoms with Gasteiger partial charge in [0.1, 0.15) is 6.33 Å². The van der Waals surface area contributed by atoms with Gasteiger partial charge in [-0.15, -0.1) is 0 Å². The molecule has 0 aliphatic heterocycles. The number of nitrogens with one attached hydrogen (secondary N) is 1. The van der Waals surface area contributed by atoms with Gasteiger partial charge in [0, 0.05) is 20.1 Å². The number of benzene rings is 2. The van der Waals surface area contributed by atoms with Crippen molar-refractivity contribution in [2.24, 2.45) is 0 Å². The minimum atomic E-state index is -0.488. The third kappa shape index (κ3) is 4.47. The molecule has 3 aromatic rings. The van der Waals surface area contributed by atoms with Gasteiger partial charge in [-0.3, -0.25) is 10.1 Å². The molecule has 6 nitrogen and oxygen atoms in total. The maximum absolute atomic E-state index is 11.6. The lowest BCUT2D eigenvalue weighted by Gasteiger charge is -2.08. The maximum Gasteiger partial charge on any atom is 0.343 e. The molecule has 0 saturated carbocycles. The predicted octanol–water partition coefficient (Wildman–Crippen LogP) is 5.70. The summed E-state index contributed by atoms with van der Waals surface area (Å²) in [5.74, 6) is 0.134. The molecule has 0 radical (unpaired) electrons. The molecule has 126 valence electrons. The van der Waals surface area contributed by atoms with Gasteiger partial charge in [0.15, 0.2) is 5.03 Å². The minimum Gasteiger partial charge on any atom is -0.334 e. The summed E-state index contributed by atoms with van der Waals surface area (Å²) in [5, 5.41) is 15.4. The number of halogens is 2. The summed E-state index contributed by atoms with van der Waals surface area (Å²) in [5.41, 5.74) is 0.501. The van der Waals surface area contributed by atoms with Gasteiger partial charge in [0.2, 0.25) is 5.82 Å². The van der Waals surface area contributed by atoms with Crippen LogP contribution in [-0.4, -0.2) is 14.9 Å². The van der Waals surface area contributed by atoms with Crippen LogP contribution in [0.4, 0.5) is 17.2 Å². The third-order valence-electron chi connectivity index (χ3n) is 3.09. The van der Waals surface area contributed by atoms with Gasteiger partial charge >= 0.3 is 5.69 Å². The molecular formula is C16H10BrClN4O2S. The molecule has 0 amide bonds. The van der Waals surface area contributed by atoms with E-state index in [1.807, 2.05) is 12.1 Å². The second kappa shape index (κ2) is 7.81. The predicted molar refractivity (Wildman–Crippen MR) is 102 cm³/mol. The Bertz CT molecular complexity index is 924. The van der Waals surface area contributed by atoms with Crippen molar-refractivity contribution in [1.29, 1.82) is 0 Å². The SMILES string of the molecule is O=[N+]([O-])c1c(Nc2cccc(Br)c2)ncnc1Sc1ccc(Cl)cc1. The quantitative estimate of drug-likeness (QED) is 0.313. The van der Waals surface area contributed by atoms with Crippen LogP contribution in [0.3, 0.4) is 0 Å². The Kier molecular flexibility index (Phi) is 5.52. The lowest BCUT2D eigenvalue weighted by Crippen LogP contribution is -2.02. The fraction of sp³-hybridized carbons (Fsp3) is 0. The highest BCUT2D eigenvalue weighted by Crippen LogP contribution is 2.37. The topological polar surface area (TPSA) is 81.0 Å². The Morgan fingerprint density at radius 2 is 1.92 bits per heavy atom. The highest BCUT2D eigenvalue weighted by molar-refractivity contribution is 9.10. The van der Waals surface area contributed by atoms with Gasteiger partial charge in [0.25, 0.3) is 0 Å². The van der Waals surface area contributed by atoms with Crippen molar-refractivity contribution in [3.63, 3.8) is 0 Å². The fourth-order valence-electron chi connectivity index (χ4n) is 2.01. The fourth-order valence-corrected chi connectivity index (χ4v) is 3.40. The summed E-state index contributed by atoms with van der Waals surface area (Å²) in [7, 11) is 0. The van der Waals surface area contributed by atoms with Crippen molar-refractivity contribution in [2.45, 2.75) is 9.92 Å². The molecule has 1 N–H and O–H groups in total. The van der Waals surface area contributed by atoms with E-state index in [0.29, 0.717) is 10.7 Å². The highest BCUT2D eigenvalue weighted by Gasteiger charge is 2.24. The maximum atomic E-state index is 11.6. The van der Waals surface area contributed by atoms with Crippen molar-refractivity contribution in [1.82, 2.24) is 9.97 Å². The molecule has 0 unspecified atom stereocenters. The van der Waals surface area contributed by atoms with Crippen LogP contribution in [0.2, 0.25) is 5.02 Å². The molecule has 9 heteroatoms. The number of anilines is 2. The third-order valence-corrected chi connectivity index (χ3v) is 4.83. The monoisotopic (exact) mass is 436 g/mol. The first-order chi connectivity index (χ1) is 12.0. The molecular weight excluding hydrogens is 428 g/mol. The number of nitrogens with zero attached hydrogens (tertiary/aromatic N) is 3. The van der Waals surface area contributed by atoms with Crippen LogP contribution in [0, 0.1) is 10.1 Å². The van der Waals surface area contributed by atoms with E-state index in [2.05, 4.69) is 31.2 Å². The first kappa shape index (κ1) is 17.7. The molecule has 0 spiro atoms. The molecule has 1 heterocycles. The summed E-state index contributed by atoms with van der Waals surface area (Å²) in [6, 6.07) is 14.3. The molecule has 0 aliphatic rings. The summed E-state index contributed by atoms with van der Waals surface area (Å²) in [4.78, 5) is 20.0. The van der Waals surface area contributed by atoms with E-state index in [4.69, 9.17) is 11.6 Å². The largest absolute Gasteiger partial charge is 0.343 e. The summed E-state index contributed by atoms with van der Waals surface area (Å²) in [6.07, 6.45) is 1.30. The minimum absolute atomic E-state index is 0.134. The number of aromatic nitrogens is 2. The Morgan fingerprint density at radius 3 is 2.60 bits per heavy atom. The van der Waals surface area contributed by atoms with E-state index in [1.165, 1.54) is 18.1 Å². The Hall–Kier alpha value is -2.16. The molecule has 2 aromatic carbocycles. The van der Waals surface area contributed by atoms with Crippen molar-refractivity contribution in [3.8, 4) is 0 Å². The van der Waals surface area contributed by atoms with Crippen LogP contribution in [0.15, 0.2) is 69.3 Å². The van der Waals surface area contributed by atoms with Gasteiger partial charge in [-0.1, -0.05) is 45.4 Å². The van der Waals surface area contributed by atoms with E-state index >= 15 is 0 Å². The summed E-state index contributed by atoms with van der Waals surface area (Å²) >= 11 is 10.4. The zero-order valence-corrected chi connectivity index (χ0v) is 15.7. The average Bonchev–Trinajstić information content (AvgIpc) is 2.57. The van der Waals surface area contributed by atoms with E-state index in [-0.39, 0.29) is 16.5 Å². The van der Waals surface area contributed by atoms with Crippen molar-refractivity contribution in [3.05, 3.63) is 74.5 Å². The summed E-state index contributed by atoms with van der Waals surface area (Å²) < 4.78 is 0.852. The molecule has 0 atom stereocenters. The Morgan fingerprint density at radius 1 is 1.16 bits per heavy atom. The zero-order chi connectivity index (χ0) is 17.8. The number of rotatable bonds is 5.